The van der Waals surface area contributed by atoms with Crippen LogP contribution in [0.25, 0.3) is 5.69 Å². The number of amides is 1. The molecule has 0 bridgehead atoms. The lowest BCUT2D eigenvalue weighted by molar-refractivity contribution is -0.119. The topological polar surface area (TPSA) is 102 Å². The third kappa shape index (κ3) is 4.55. The zero-order chi connectivity index (χ0) is 21.8. The Labute approximate surface area is 177 Å². The van der Waals surface area contributed by atoms with Gasteiger partial charge >= 0.3 is 11.7 Å². The molecule has 0 saturated heterocycles. The molecule has 30 heavy (non-hydrogen) atoms. The van der Waals surface area contributed by atoms with Crippen molar-refractivity contribution >= 4 is 29.2 Å². The number of anilines is 1. The SMILES string of the molecule is COc1cc(Cl)c(C)cc1NC(=O)COC(=O)c1ccc(-n2c(C)c[nH]c2=O)cc1. The van der Waals surface area contributed by atoms with Gasteiger partial charge in [-0.3, -0.25) is 9.36 Å². The maximum Gasteiger partial charge on any atom is 0.338 e. The van der Waals surface area contributed by atoms with Gasteiger partial charge in [-0.05, 0) is 49.7 Å². The van der Waals surface area contributed by atoms with E-state index < -0.39 is 18.5 Å². The van der Waals surface area contributed by atoms with Gasteiger partial charge in [0.1, 0.15) is 5.75 Å². The molecule has 3 rings (SSSR count). The van der Waals surface area contributed by atoms with Crippen LogP contribution in [0.1, 0.15) is 21.6 Å². The summed E-state index contributed by atoms with van der Waals surface area (Å²) in [4.78, 5) is 38.8. The molecule has 0 spiro atoms. The summed E-state index contributed by atoms with van der Waals surface area (Å²) < 4.78 is 11.8. The largest absolute Gasteiger partial charge is 0.495 e. The molecule has 156 valence electrons. The molecule has 0 aliphatic rings. The van der Waals surface area contributed by atoms with Crippen LogP contribution < -0.4 is 15.7 Å². The number of imidazole rings is 1. The van der Waals surface area contributed by atoms with Gasteiger partial charge in [0.05, 0.1) is 24.0 Å². The molecule has 0 fully saturated rings. The summed E-state index contributed by atoms with van der Waals surface area (Å²) in [5.74, 6) is -0.778. The van der Waals surface area contributed by atoms with Crippen molar-refractivity contribution in [3.8, 4) is 11.4 Å². The molecule has 3 aromatic rings. The van der Waals surface area contributed by atoms with E-state index in [2.05, 4.69) is 10.3 Å². The van der Waals surface area contributed by atoms with E-state index >= 15 is 0 Å². The highest BCUT2D eigenvalue weighted by Crippen LogP contribution is 2.30. The molecule has 0 aliphatic carbocycles. The molecule has 1 aromatic heterocycles. The predicted octanol–water partition coefficient (Wildman–Crippen LogP) is 3.24. The Kier molecular flexibility index (Phi) is 6.27. The van der Waals surface area contributed by atoms with Crippen molar-refractivity contribution in [2.24, 2.45) is 0 Å². The van der Waals surface area contributed by atoms with E-state index in [1.165, 1.54) is 23.8 Å². The number of nitrogens with one attached hydrogen (secondary N) is 2. The first-order valence-electron chi connectivity index (χ1n) is 8.98. The Morgan fingerprint density at radius 1 is 1.17 bits per heavy atom. The number of halogens is 1. The van der Waals surface area contributed by atoms with Crippen LogP contribution in [0.3, 0.4) is 0 Å². The smallest absolute Gasteiger partial charge is 0.338 e. The second-order valence-electron chi connectivity index (χ2n) is 6.54. The van der Waals surface area contributed by atoms with Crippen molar-refractivity contribution < 1.29 is 19.1 Å². The molecule has 2 aromatic carbocycles. The number of aryl methyl sites for hydroxylation is 2. The number of nitrogens with zero attached hydrogens (tertiary/aromatic N) is 1. The van der Waals surface area contributed by atoms with Crippen molar-refractivity contribution in [3.63, 3.8) is 0 Å². The average molecular weight is 430 g/mol. The van der Waals surface area contributed by atoms with Gasteiger partial charge in [-0.2, -0.15) is 0 Å². The molecule has 1 amide bonds. The summed E-state index contributed by atoms with van der Waals surface area (Å²) in [6, 6.07) is 9.57. The average Bonchev–Trinajstić information content (AvgIpc) is 3.07. The lowest BCUT2D eigenvalue weighted by Gasteiger charge is -2.12. The summed E-state index contributed by atoms with van der Waals surface area (Å²) in [6.45, 7) is 3.11. The van der Waals surface area contributed by atoms with E-state index in [0.717, 1.165) is 11.3 Å². The first kappa shape index (κ1) is 21.2. The standard InChI is InChI=1S/C21H20ClN3O5/c1-12-8-17(18(29-3)9-16(12)22)24-19(26)11-30-20(27)14-4-6-15(7-5-14)25-13(2)10-23-21(25)28/h4-10H,11H2,1-3H3,(H,23,28)(H,24,26). The van der Waals surface area contributed by atoms with Crippen LogP contribution in [0.2, 0.25) is 5.02 Å². The van der Waals surface area contributed by atoms with Gasteiger partial charge in [-0.1, -0.05) is 11.6 Å². The molecule has 0 radical (unpaired) electrons. The Morgan fingerprint density at radius 3 is 2.47 bits per heavy atom. The highest BCUT2D eigenvalue weighted by Gasteiger charge is 2.14. The third-order valence-electron chi connectivity index (χ3n) is 4.41. The normalized spacial score (nSPS) is 10.5. The fraction of sp³-hybridized carbons (Fsp3) is 0.190. The quantitative estimate of drug-likeness (QED) is 0.585. The third-order valence-corrected chi connectivity index (χ3v) is 4.82. The number of aromatic amines is 1. The van der Waals surface area contributed by atoms with Gasteiger partial charge in [0.2, 0.25) is 0 Å². The van der Waals surface area contributed by atoms with E-state index in [-0.39, 0.29) is 11.3 Å². The van der Waals surface area contributed by atoms with Gasteiger partial charge in [0.25, 0.3) is 5.91 Å². The summed E-state index contributed by atoms with van der Waals surface area (Å²) >= 11 is 6.05. The number of benzene rings is 2. The number of aromatic nitrogens is 2. The van der Waals surface area contributed by atoms with Crippen LogP contribution in [-0.2, 0) is 9.53 Å². The van der Waals surface area contributed by atoms with Gasteiger partial charge in [0, 0.05) is 23.0 Å². The molecule has 1 heterocycles. The Balaban J connectivity index is 1.62. The van der Waals surface area contributed by atoms with Gasteiger partial charge in [-0.25, -0.2) is 9.59 Å². The van der Waals surface area contributed by atoms with Crippen molar-refractivity contribution in [1.82, 2.24) is 9.55 Å². The fourth-order valence-corrected chi connectivity index (χ4v) is 3.01. The predicted molar refractivity (Wildman–Crippen MR) is 113 cm³/mol. The summed E-state index contributed by atoms with van der Waals surface area (Å²) in [5, 5.41) is 3.15. The number of carbonyl (C=O) groups excluding carboxylic acids is 2. The Hall–Kier alpha value is -3.52. The summed E-state index contributed by atoms with van der Waals surface area (Å²) in [5.41, 5.74) is 2.52. The van der Waals surface area contributed by atoms with E-state index in [1.54, 1.807) is 44.3 Å². The molecule has 0 aliphatic heterocycles. The lowest BCUT2D eigenvalue weighted by Crippen LogP contribution is -2.21. The zero-order valence-electron chi connectivity index (χ0n) is 16.6. The molecule has 2 N–H and O–H groups in total. The van der Waals surface area contributed by atoms with Crippen molar-refractivity contribution in [2.45, 2.75) is 13.8 Å². The number of ether oxygens (including phenoxy) is 2. The van der Waals surface area contributed by atoms with Gasteiger partial charge in [-0.15, -0.1) is 0 Å². The maximum atomic E-state index is 12.2. The van der Waals surface area contributed by atoms with Gasteiger partial charge in [0.15, 0.2) is 6.61 Å². The molecular formula is C21H20ClN3O5. The highest BCUT2D eigenvalue weighted by molar-refractivity contribution is 6.31. The second-order valence-corrected chi connectivity index (χ2v) is 6.95. The number of rotatable bonds is 6. The molecule has 0 atom stereocenters. The van der Waals surface area contributed by atoms with Gasteiger partial charge < -0.3 is 19.8 Å². The van der Waals surface area contributed by atoms with E-state index in [0.29, 0.717) is 22.1 Å². The van der Waals surface area contributed by atoms with Crippen molar-refractivity contribution in [3.05, 3.63) is 74.9 Å². The van der Waals surface area contributed by atoms with Crippen molar-refractivity contribution in [2.75, 3.05) is 19.0 Å². The molecule has 0 saturated carbocycles. The summed E-state index contributed by atoms with van der Waals surface area (Å²) in [6.07, 6.45) is 1.60. The van der Waals surface area contributed by atoms with Crippen LogP contribution in [-0.4, -0.2) is 35.1 Å². The van der Waals surface area contributed by atoms with E-state index in [4.69, 9.17) is 21.1 Å². The zero-order valence-corrected chi connectivity index (χ0v) is 17.4. The number of methoxy groups -OCH3 is 1. The van der Waals surface area contributed by atoms with Crippen LogP contribution in [0.4, 0.5) is 5.69 Å². The number of hydrogen-bond acceptors (Lipinski definition) is 5. The summed E-state index contributed by atoms with van der Waals surface area (Å²) in [7, 11) is 1.46. The van der Waals surface area contributed by atoms with Crippen LogP contribution >= 0.6 is 11.6 Å². The lowest BCUT2D eigenvalue weighted by atomic mass is 10.2. The van der Waals surface area contributed by atoms with E-state index in [1.807, 2.05) is 0 Å². The minimum absolute atomic E-state index is 0.257. The van der Waals surface area contributed by atoms with Crippen LogP contribution in [0, 0.1) is 13.8 Å². The molecule has 8 nitrogen and oxygen atoms in total. The van der Waals surface area contributed by atoms with Crippen LogP contribution in [0.5, 0.6) is 5.75 Å². The monoisotopic (exact) mass is 429 g/mol. The number of hydrogen-bond donors (Lipinski definition) is 2. The molecule has 0 unspecified atom stereocenters. The maximum absolute atomic E-state index is 12.2. The Bertz CT molecular complexity index is 1150. The minimum atomic E-state index is -0.658. The number of esters is 1. The molecule has 9 heteroatoms. The first-order chi connectivity index (χ1) is 14.3. The van der Waals surface area contributed by atoms with Crippen LogP contribution in [0.15, 0.2) is 47.4 Å². The Morgan fingerprint density at radius 2 is 1.87 bits per heavy atom. The molecular weight excluding hydrogens is 410 g/mol. The van der Waals surface area contributed by atoms with Crippen molar-refractivity contribution in [1.29, 1.82) is 0 Å². The number of H-pyrrole nitrogens is 1. The van der Waals surface area contributed by atoms with E-state index in [9.17, 15) is 14.4 Å². The fourth-order valence-electron chi connectivity index (χ4n) is 2.85. The second kappa shape index (κ2) is 8.87. The highest BCUT2D eigenvalue weighted by atomic mass is 35.5. The number of carbonyl (C=O) groups is 2. The first-order valence-corrected chi connectivity index (χ1v) is 9.36. The minimum Gasteiger partial charge on any atom is -0.495 e.